The number of benzene rings is 2. The maximum absolute atomic E-state index is 12.6. The van der Waals surface area contributed by atoms with Crippen LogP contribution in [0.15, 0.2) is 52.9 Å². The van der Waals surface area contributed by atoms with E-state index in [0.717, 1.165) is 18.4 Å². The number of hydrogen-bond acceptors (Lipinski definition) is 5. The number of fused-ring (bicyclic) bond motifs is 1. The van der Waals surface area contributed by atoms with E-state index < -0.39 is 5.97 Å². The average molecular weight is 350 g/mol. The Balaban J connectivity index is 1.81. The highest BCUT2D eigenvalue weighted by Gasteiger charge is 2.32. The monoisotopic (exact) mass is 350 g/mol. The number of carbonyl (C=O) groups is 2. The van der Waals surface area contributed by atoms with Crippen LogP contribution < -0.4 is 4.74 Å². The summed E-state index contributed by atoms with van der Waals surface area (Å²) >= 11 is 0. The Morgan fingerprint density at radius 1 is 1.12 bits per heavy atom. The van der Waals surface area contributed by atoms with Crippen LogP contribution >= 0.6 is 0 Å². The third-order valence-electron chi connectivity index (χ3n) is 4.30. The minimum atomic E-state index is -0.462. The highest BCUT2D eigenvalue weighted by molar-refractivity contribution is 6.09. The first-order chi connectivity index (χ1) is 12.7. The zero-order valence-electron chi connectivity index (χ0n) is 14.4. The van der Waals surface area contributed by atoms with E-state index in [1.807, 2.05) is 30.3 Å². The molecule has 5 heteroatoms. The second kappa shape index (κ2) is 6.67. The lowest BCUT2D eigenvalue weighted by molar-refractivity contribution is -0.135. The van der Waals surface area contributed by atoms with Gasteiger partial charge >= 0.3 is 11.9 Å². The maximum atomic E-state index is 12.6. The van der Waals surface area contributed by atoms with Gasteiger partial charge in [0.1, 0.15) is 22.7 Å². The molecule has 0 radical (unpaired) electrons. The lowest BCUT2D eigenvalue weighted by Gasteiger charge is -2.05. The van der Waals surface area contributed by atoms with Crippen LogP contribution in [0.1, 0.15) is 30.1 Å². The number of hydrogen-bond donors (Lipinski definition) is 0. The number of carbonyl (C=O) groups excluding carboxylic acids is 2. The van der Waals surface area contributed by atoms with Crippen molar-refractivity contribution in [3.63, 3.8) is 0 Å². The first kappa shape index (κ1) is 16.4. The van der Waals surface area contributed by atoms with Crippen LogP contribution in [-0.4, -0.2) is 18.5 Å². The summed E-state index contributed by atoms with van der Waals surface area (Å²) < 4.78 is 16.6. The molecule has 0 aliphatic heterocycles. The maximum Gasteiger partial charge on any atom is 0.342 e. The van der Waals surface area contributed by atoms with Gasteiger partial charge in [0, 0.05) is 10.9 Å². The standard InChI is InChI=1S/C21H18O5/c1-2-24-21(23)18-16-12-15(25-20(22)14-8-9-14)10-11-17(16)26-19(18)13-6-4-3-5-7-13/h3-7,10-12,14H,2,8-9H2,1H3. The fourth-order valence-electron chi connectivity index (χ4n) is 2.86. The number of ether oxygens (including phenoxy) is 2. The van der Waals surface area contributed by atoms with Crippen LogP contribution in [0.3, 0.4) is 0 Å². The van der Waals surface area contributed by atoms with Gasteiger partial charge in [-0.05, 0) is 38.0 Å². The fraction of sp³-hybridized carbons (Fsp3) is 0.238. The Kier molecular flexibility index (Phi) is 4.21. The molecule has 26 heavy (non-hydrogen) atoms. The van der Waals surface area contributed by atoms with Gasteiger partial charge in [-0.15, -0.1) is 0 Å². The summed E-state index contributed by atoms with van der Waals surface area (Å²) in [6.07, 6.45) is 1.75. The highest BCUT2D eigenvalue weighted by Crippen LogP contribution is 2.37. The topological polar surface area (TPSA) is 65.7 Å². The minimum absolute atomic E-state index is 0.000506. The van der Waals surface area contributed by atoms with Crippen LogP contribution in [0, 0.1) is 5.92 Å². The molecule has 0 amide bonds. The molecule has 1 aliphatic carbocycles. The fourth-order valence-corrected chi connectivity index (χ4v) is 2.86. The van der Waals surface area contributed by atoms with Gasteiger partial charge in [0.15, 0.2) is 0 Å². The largest absolute Gasteiger partial charge is 0.462 e. The van der Waals surface area contributed by atoms with Crippen molar-refractivity contribution in [1.82, 2.24) is 0 Å². The van der Waals surface area contributed by atoms with E-state index >= 15 is 0 Å². The molecular weight excluding hydrogens is 332 g/mol. The summed E-state index contributed by atoms with van der Waals surface area (Å²) in [5.41, 5.74) is 1.67. The van der Waals surface area contributed by atoms with Crippen LogP contribution in [0.2, 0.25) is 0 Å². The molecule has 4 rings (SSSR count). The van der Waals surface area contributed by atoms with Crippen molar-refractivity contribution in [2.45, 2.75) is 19.8 Å². The third kappa shape index (κ3) is 3.08. The molecular formula is C21H18O5. The predicted octanol–water partition coefficient (Wildman–Crippen LogP) is 4.59. The van der Waals surface area contributed by atoms with Crippen molar-refractivity contribution in [1.29, 1.82) is 0 Å². The lowest BCUT2D eigenvalue weighted by atomic mass is 10.1. The zero-order valence-corrected chi connectivity index (χ0v) is 14.4. The average Bonchev–Trinajstić information content (AvgIpc) is 3.43. The highest BCUT2D eigenvalue weighted by atomic mass is 16.5. The first-order valence-corrected chi connectivity index (χ1v) is 8.68. The van der Waals surface area contributed by atoms with Gasteiger partial charge < -0.3 is 13.9 Å². The first-order valence-electron chi connectivity index (χ1n) is 8.68. The van der Waals surface area contributed by atoms with Crippen molar-refractivity contribution in [2.24, 2.45) is 5.92 Å². The smallest absolute Gasteiger partial charge is 0.342 e. The molecule has 5 nitrogen and oxygen atoms in total. The summed E-state index contributed by atoms with van der Waals surface area (Å²) in [6.45, 7) is 2.02. The summed E-state index contributed by atoms with van der Waals surface area (Å²) in [5.74, 6) is 0.161. The summed E-state index contributed by atoms with van der Waals surface area (Å²) in [4.78, 5) is 24.5. The van der Waals surface area contributed by atoms with Crippen LogP contribution in [-0.2, 0) is 9.53 Å². The molecule has 0 bridgehead atoms. The molecule has 0 unspecified atom stereocenters. The number of furan rings is 1. The van der Waals surface area contributed by atoms with E-state index in [2.05, 4.69) is 0 Å². The Bertz CT molecular complexity index is 967. The Hall–Kier alpha value is -3.08. The summed E-state index contributed by atoms with van der Waals surface area (Å²) in [5, 5.41) is 0.573. The number of rotatable bonds is 5. The minimum Gasteiger partial charge on any atom is -0.462 e. The van der Waals surface area contributed by atoms with Crippen molar-refractivity contribution in [3.05, 3.63) is 54.1 Å². The second-order valence-electron chi connectivity index (χ2n) is 6.25. The molecule has 0 N–H and O–H groups in total. The molecule has 1 fully saturated rings. The van der Waals surface area contributed by atoms with Crippen molar-refractivity contribution in [2.75, 3.05) is 6.61 Å². The molecule has 0 saturated heterocycles. The van der Waals surface area contributed by atoms with Gasteiger partial charge in [-0.3, -0.25) is 4.79 Å². The Morgan fingerprint density at radius 3 is 2.58 bits per heavy atom. The van der Waals surface area contributed by atoms with Crippen LogP contribution in [0.4, 0.5) is 0 Å². The van der Waals surface area contributed by atoms with Crippen LogP contribution in [0.25, 0.3) is 22.3 Å². The molecule has 1 saturated carbocycles. The normalized spacial score (nSPS) is 13.6. The zero-order chi connectivity index (χ0) is 18.1. The molecule has 2 aromatic carbocycles. The lowest BCUT2D eigenvalue weighted by Crippen LogP contribution is -2.09. The van der Waals surface area contributed by atoms with E-state index in [1.165, 1.54) is 0 Å². The summed E-state index contributed by atoms with van der Waals surface area (Å²) in [6, 6.07) is 14.4. The molecule has 3 aromatic rings. The van der Waals surface area contributed by atoms with Gasteiger partial charge in [-0.1, -0.05) is 30.3 Å². The van der Waals surface area contributed by atoms with Crippen molar-refractivity contribution < 1.29 is 23.5 Å². The Labute approximate surface area is 150 Å². The molecule has 1 heterocycles. The van der Waals surface area contributed by atoms with Crippen molar-refractivity contribution in [3.8, 4) is 17.1 Å². The molecule has 0 spiro atoms. The van der Waals surface area contributed by atoms with Gasteiger partial charge in [0.05, 0.1) is 12.5 Å². The van der Waals surface area contributed by atoms with E-state index in [9.17, 15) is 9.59 Å². The van der Waals surface area contributed by atoms with E-state index in [-0.39, 0.29) is 18.5 Å². The molecule has 132 valence electrons. The quantitative estimate of drug-likeness (QED) is 0.497. The van der Waals surface area contributed by atoms with E-state index in [1.54, 1.807) is 25.1 Å². The van der Waals surface area contributed by atoms with Gasteiger partial charge in [0.2, 0.25) is 0 Å². The van der Waals surface area contributed by atoms with Crippen LogP contribution in [0.5, 0.6) is 5.75 Å². The summed E-state index contributed by atoms with van der Waals surface area (Å²) in [7, 11) is 0. The Morgan fingerprint density at radius 2 is 1.88 bits per heavy atom. The third-order valence-corrected chi connectivity index (χ3v) is 4.30. The SMILES string of the molecule is CCOC(=O)c1c(-c2ccccc2)oc2ccc(OC(=O)C3CC3)cc12. The van der Waals surface area contributed by atoms with Gasteiger partial charge in [-0.25, -0.2) is 4.79 Å². The van der Waals surface area contributed by atoms with Gasteiger partial charge in [-0.2, -0.15) is 0 Å². The van der Waals surface area contributed by atoms with Gasteiger partial charge in [0.25, 0.3) is 0 Å². The molecule has 0 atom stereocenters. The van der Waals surface area contributed by atoms with E-state index in [4.69, 9.17) is 13.9 Å². The van der Waals surface area contributed by atoms with Crippen molar-refractivity contribution >= 4 is 22.9 Å². The van der Waals surface area contributed by atoms with E-state index in [0.29, 0.717) is 28.0 Å². The number of esters is 2. The molecule has 1 aliphatic rings. The molecule has 1 aromatic heterocycles. The predicted molar refractivity (Wildman–Crippen MR) is 96.0 cm³/mol. The second-order valence-corrected chi connectivity index (χ2v) is 6.25.